The Bertz CT molecular complexity index is 303. The molecule has 1 saturated heterocycles. The fraction of sp³-hybridized carbons (Fsp3) is 0.727. The normalized spacial score (nSPS) is 24.0. The van der Waals surface area contributed by atoms with E-state index in [0.29, 0.717) is 0 Å². The van der Waals surface area contributed by atoms with Crippen LogP contribution < -0.4 is 5.73 Å². The lowest BCUT2D eigenvalue weighted by atomic mass is 10.0. The quantitative estimate of drug-likeness (QED) is 0.886. The molecule has 84 valence electrons. The first-order chi connectivity index (χ1) is 7.25. The topological polar surface area (TPSA) is 38.9 Å². The Morgan fingerprint density at radius 3 is 3.13 bits per heavy atom. The smallest absolute Gasteiger partial charge is 0.0931 e. The van der Waals surface area contributed by atoms with Crippen LogP contribution in [0.15, 0.2) is 6.20 Å². The minimum Gasteiger partial charge on any atom is -0.323 e. The SMILES string of the molecule is CC(N)c1cnc(CC2CCCSC2)s1. The summed E-state index contributed by atoms with van der Waals surface area (Å²) in [5.74, 6) is 3.50. The molecule has 1 aromatic rings. The molecular weight excluding hydrogens is 224 g/mol. The molecule has 2 atom stereocenters. The van der Waals surface area contributed by atoms with Crippen molar-refractivity contribution in [3.8, 4) is 0 Å². The molecule has 0 bridgehead atoms. The van der Waals surface area contributed by atoms with Crippen molar-refractivity contribution in [3.63, 3.8) is 0 Å². The third-order valence-corrected chi connectivity index (χ3v) is 5.24. The minimum absolute atomic E-state index is 0.136. The molecular formula is C11H18N2S2. The van der Waals surface area contributed by atoms with Crippen LogP contribution in [0.25, 0.3) is 0 Å². The second kappa shape index (κ2) is 5.32. The Kier molecular flexibility index (Phi) is 4.05. The molecule has 0 amide bonds. The van der Waals surface area contributed by atoms with E-state index in [1.54, 1.807) is 11.3 Å². The highest BCUT2D eigenvalue weighted by Gasteiger charge is 2.16. The van der Waals surface area contributed by atoms with Gasteiger partial charge >= 0.3 is 0 Å². The average molecular weight is 242 g/mol. The molecule has 1 aromatic heterocycles. The number of hydrogen-bond donors (Lipinski definition) is 1. The predicted molar refractivity (Wildman–Crippen MR) is 68.5 cm³/mol. The first-order valence-corrected chi connectivity index (χ1v) is 7.50. The maximum absolute atomic E-state index is 5.83. The molecule has 4 heteroatoms. The number of thiazole rings is 1. The van der Waals surface area contributed by atoms with E-state index in [1.165, 1.54) is 34.2 Å². The third kappa shape index (κ3) is 3.20. The van der Waals surface area contributed by atoms with E-state index in [2.05, 4.69) is 16.7 Å². The van der Waals surface area contributed by atoms with Crippen LogP contribution in [0.4, 0.5) is 0 Å². The van der Waals surface area contributed by atoms with Crippen molar-refractivity contribution in [2.24, 2.45) is 11.7 Å². The van der Waals surface area contributed by atoms with Gasteiger partial charge in [0.1, 0.15) is 0 Å². The summed E-state index contributed by atoms with van der Waals surface area (Å²) in [4.78, 5) is 5.68. The number of nitrogens with two attached hydrogens (primary N) is 1. The fourth-order valence-corrected chi connectivity index (χ4v) is 3.99. The van der Waals surface area contributed by atoms with Gasteiger partial charge in [0.15, 0.2) is 0 Å². The molecule has 0 aliphatic carbocycles. The zero-order valence-electron chi connectivity index (χ0n) is 9.11. The maximum Gasteiger partial charge on any atom is 0.0931 e. The van der Waals surface area contributed by atoms with Gasteiger partial charge in [0.05, 0.1) is 5.01 Å². The van der Waals surface area contributed by atoms with Crippen LogP contribution >= 0.6 is 23.1 Å². The van der Waals surface area contributed by atoms with Crippen LogP contribution in [0, 0.1) is 5.92 Å². The van der Waals surface area contributed by atoms with Gasteiger partial charge in [-0.1, -0.05) is 0 Å². The first-order valence-electron chi connectivity index (χ1n) is 5.53. The van der Waals surface area contributed by atoms with Gasteiger partial charge in [0.2, 0.25) is 0 Å². The minimum atomic E-state index is 0.136. The highest BCUT2D eigenvalue weighted by Crippen LogP contribution is 2.28. The zero-order chi connectivity index (χ0) is 10.7. The van der Waals surface area contributed by atoms with Crippen molar-refractivity contribution < 1.29 is 0 Å². The standard InChI is InChI=1S/C11H18N2S2/c1-8(12)10-6-13-11(15-10)5-9-3-2-4-14-7-9/h6,8-9H,2-5,7,12H2,1H3. The van der Waals surface area contributed by atoms with Crippen molar-refractivity contribution in [1.29, 1.82) is 0 Å². The lowest BCUT2D eigenvalue weighted by Gasteiger charge is -2.19. The van der Waals surface area contributed by atoms with Crippen molar-refractivity contribution in [1.82, 2.24) is 4.98 Å². The van der Waals surface area contributed by atoms with Gasteiger partial charge in [-0.25, -0.2) is 4.98 Å². The Morgan fingerprint density at radius 2 is 2.53 bits per heavy atom. The monoisotopic (exact) mass is 242 g/mol. The van der Waals surface area contributed by atoms with Crippen LogP contribution in [-0.2, 0) is 6.42 Å². The molecule has 2 rings (SSSR count). The third-order valence-electron chi connectivity index (χ3n) is 2.74. The number of hydrogen-bond acceptors (Lipinski definition) is 4. The number of nitrogens with zero attached hydrogens (tertiary/aromatic N) is 1. The van der Waals surface area contributed by atoms with Crippen LogP contribution in [0.3, 0.4) is 0 Å². The summed E-state index contributed by atoms with van der Waals surface area (Å²) >= 11 is 3.88. The average Bonchev–Trinajstić information content (AvgIpc) is 2.68. The number of thioether (sulfide) groups is 1. The highest BCUT2D eigenvalue weighted by atomic mass is 32.2. The molecule has 1 fully saturated rings. The molecule has 15 heavy (non-hydrogen) atoms. The van der Waals surface area contributed by atoms with E-state index in [0.717, 1.165) is 12.3 Å². The zero-order valence-corrected chi connectivity index (χ0v) is 10.7. The predicted octanol–water partition coefficient (Wildman–Crippen LogP) is 2.85. The molecule has 0 aromatic carbocycles. The molecule has 2 N–H and O–H groups in total. The summed E-state index contributed by atoms with van der Waals surface area (Å²) in [5, 5.41) is 1.27. The summed E-state index contributed by atoms with van der Waals surface area (Å²) in [5.41, 5.74) is 5.83. The van der Waals surface area contributed by atoms with Crippen LogP contribution in [-0.4, -0.2) is 16.5 Å². The molecule has 2 nitrogen and oxygen atoms in total. The van der Waals surface area contributed by atoms with Gasteiger partial charge in [0.25, 0.3) is 0 Å². The van der Waals surface area contributed by atoms with Crippen molar-refractivity contribution in [2.75, 3.05) is 11.5 Å². The van der Waals surface area contributed by atoms with Crippen molar-refractivity contribution >= 4 is 23.1 Å². The molecule has 1 aliphatic heterocycles. The molecule has 0 saturated carbocycles. The largest absolute Gasteiger partial charge is 0.323 e. The van der Waals surface area contributed by atoms with Gasteiger partial charge in [-0.2, -0.15) is 11.8 Å². The Morgan fingerprint density at radius 1 is 1.67 bits per heavy atom. The molecule has 2 unspecified atom stereocenters. The second-order valence-electron chi connectivity index (χ2n) is 4.23. The van der Waals surface area contributed by atoms with Gasteiger partial charge in [-0.3, -0.25) is 0 Å². The summed E-state index contributed by atoms with van der Waals surface area (Å²) in [6, 6.07) is 0.136. The Hall–Kier alpha value is -0.0600. The molecule has 0 radical (unpaired) electrons. The van der Waals surface area contributed by atoms with Crippen molar-refractivity contribution in [3.05, 3.63) is 16.1 Å². The van der Waals surface area contributed by atoms with Gasteiger partial charge in [0, 0.05) is 23.5 Å². The van der Waals surface area contributed by atoms with Crippen molar-refractivity contribution in [2.45, 2.75) is 32.2 Å². The van der Waals surface area contributed by atoms with E-state index >= 15 is 0 Å². The number of rotatable bonds is 3. The highest BCUT2D eigenvalue weighted by molar-refractivity contribution is 7.99. The fourth-order valence-electron chi connectivity index (χ4n) is 1.84. The molecule has 1 aliphatic rings. The van der Waals surface area contributed by atoms with E-state index in [-0.39, 0.29) is 6.04 Å². The van der Waals surface area contributed by atoms with Gasteiger partial charge < -0.3 is 5.73 Å². The Balaban J connectivity index is 1.91. The maximum atomic E-state index is 5.83. The summed E-state index contributed by atoms with van der Waals surface area (Å²) in [6.07, 6.45) is 5.85. The van der Waals surface area contributed by atoms with E-state index in [1.807, 2.05) is 13.1 Å². The second-order valence-corrected chi connectivity index (χ2v) is 6.53. The van der Waals surface area contributed by atoms with E-state index in [4.69, 9.17) is 5.73 Å². The lowest BCUT2D eigenvalue weighted by Crippen LogP contribution is -2.12. The number of aromatic nitrogens is 1. The van der Waals surface area contributed by atoms with Gasteiger partial charge in [-0.05, 0) is 37.2 Å². The Labute approximate surface area is 99.7 Å². The molecule has 0 spiro atoms. The lowest BCUT2D eigenvalue weighted by molar-refractivity contribution is 0.520. The first kappa shape index (κ1) is 11.4. The van der Waals surface area contributed by atoms with E-state index < -0.39 is 0 Å². The van der Waals surface area contributed by atoms with Gasteiger partial charge in [-0.15, -0.1) is 11.3 Å². The molecule has 2 heterocycles. The summed E-state index contributed by atoms with van der Waals surface area (Å²) in [7, 11) is 0. The summed E-state index contributed by atoms with van der Waals surface area (Å²) < 4.78 is 0. The van der Waals surface area contributed by atoms with Crippen LogP contribution in [0.2, 0.25) is 0 Å². The van der Waals surface area contributed by atoms with E-state index in [9.17, 15) is 0 Å². The van der Waals surface area contributed by atoms with Crippen LogP contribution in [0.5, 0.6) is 0 Å². The summed E-state index contributed by atoms with van der Waals surface area (Å²) in [6.45, 7) is 2.02. The van der Waals surface area contributed by atoms with Crippen LogP contribution in [0.1, 0.15) is 35.7 Å².